The number of hydrogen-bond donors (Lipinski definition) is 1. The van der Waals surface area contributed by atoms with E-state index in [1.54, 1.807) is 0 Å². The Kier molecular flexibility index (Phi) is 2.05. The Hall–Kier alpha value is -0.570. The molecule has 2 bridgehead atoms. The summed E-state index contributed by atoms with van der Waals surface area (Å²) in [6.07, 6.45) is 2.34. The van der Waals surface area contributed by atoms with E-state index >= 15 is 0 Å². The highest BCUT2D eigenvalue weighted by atomic mass is 16.5. The standard InChI is InChI=1S/C9H15NO2/c1-2-12-9(11)8-6-3-4-7(8)10-5-6/h6-8,10H,2-5H2,1H3/t6-,7-,8+/m1/s1. The highest BCUT2D eigenvalue weighted by molar-refractivity contribution is 5.74. The second-order valence-corrected chi connectivity index (χ2v) is 3.63. The SMILES string of the molecule is CCOC(=O)[C@H]1[C@@H]2CC[C@H]1NC2. The van der Waals surface area contributed by atoms with Crippen molar-refractivity contribution in [2.75, 3.05) is 13.2 Å². The molecule has 0 aromatic rings. The van der Waals surface area contributed by atoms with Crippen molar-refractivity contribution in [3.8, 4) is 0 Å². The van der Waals surface area contributed by atoms with Gasteiger partial charge in [-0.1, -0.05) is 0 Å². The summed E-state index contributed by atoms with van der Waals surface area (Å²) in [7, 11) is 0. The molecule has 1 aliphatic carbocycles. The van der Waals surface area contributed by atoms with Crippen molar-refractivity contribution < 1.29 is 9.53 Å². The van der Waals surface area contributed by atoms with E-state index in [9.17, 15) is 4.79 Å². The fourth-order valence-corrected chi connectivity index (χ4v) is 2.44. The summed E-state index contributed by atoms with van der Waals surface area (Å²) in [4.78, 5) is 11.4. The van der Waals surface area contributed by atoms with Crippen LogP contribution < -0.4 is 5.32 Å². The van der Waals surface area contributed by atoms with Crippen molar-refractivity contribution in [1.82, 2.24) is 5.32 Å². The minimum atomic E-state index is 0.00926. The smallest absolute Gasteiger partial charge is 0.310 e. The summed E-state index contributed by atoms with van der Waals surface area (Å²) in [6, 6.07) is 0.411. The van der Waals surface area contributed by atoms with E-state index in [-0.39, 0.29) is 11.9 Å². The molecule has 0 aromatic heterocycles. The number of carbonyl (C=O) groups is 1. The maximum Gasteiger partial charge on any atom is 0.310 e. The Morgan fingerprint density at radius 1 is 1.58 bits per heavy atom. The molecule has 0 aromatic carbocycles. The lowest BCUT2D eigenvalue weighted by Gasteiger charge is -2.12. The molecular weight excluding hydrogens is 154 g/mol. The van der Waals surface area contributed by atoms with Crippen LogP contribution in [0, 0.1) is 11.8 Å². The maximum absolute atomic E-state index is 11.4. The van der Waals surface area contributed by atoms with E-state index in [1.165, 1.54) is 6.42 Å². The summed E-state index contributed by atoms with van der Waals surface area (Å²) in [5, 5.41) is 3.34. The number of piperidine rings is 1. The molecule has 0 amide bonds. The fourth-order valence-electron chi connectivity index (χ4n) is 2.44. The molecule has 3 heteroatoms. The number of fused-ring (bicyclic) bond motifs is 2. The third kappa shape index (κ3) is 1.12. The first-order chi connectivity index (χ1) is 5.83. The lowest BCUT2D eigenvalue weighted by molar-refractivity contribution is -0.148. The van der Waals surface area contributed by atoms with Gasteiger partial charge in [-0.05, 0) is 32.2 Å². The fraction of sp³-hybridized carbons (Fsp3) is 0.889. The highest BCUT2D eigenvalue weighted by Gasteiger charge is 2.46. The molecule has 1 saturated heterocycles. The first-order valence-corrected chi connectivity index (χ1v) is 4.73. The van der Waals surface area contributed by atoms with Crippen molar-refractivity contribution in [3.63, 3.8) is 0 Å². The van der Waals surface area contributed by atoms with Crippen LogP contribution in [-0.4, -0.2) is 25.2 Å². The van der Waals surface area contributed by atoms with Gasteiger partial charge in [-0.3, -0.25) is 4.79 Å². The van der Waals surface area contributed by atoms with Crippen LogP contribution >= 0.6 is 0 Å². The molecule has 2 fully saturated rings. The molecule has 12 heavy (non-hydrogen) atoms. The number of hydrogen-bond acceptors (Lipinski definition) is 3. The molecule has 1 aliphatic heterocycles. The lowest BCUT2D eigenvalue weighted by Crippen LogP contribution is -2.30. The van der Waals surface area contributed by atoms with E-state index in [2.05, 4.69) is 5.32 Å². The second-order valence-electron chi connectivity index (χ2n) is 3.63. The van der Waals surface area contributed by atoms with Gasteiger partial charge in [-0.2, -0.15) is 0 Å². The molecule has 0 radical (unpaired) electrons. The van der Waals surface area contributed by atoms with E-state index in [0.717, 1.165) is 13.0 Å². The van der Waals surface area contributed by atoms with Crippen LogP contribution in [0.2, 0.25) is 0 Å². The number of esters is 1. The monoisotopic (exact) mass is 169 g/mol. The van der Waals surface area contributed by atoms with Gasteiger partial charge in [0.1, 0.15) is 0 Å². The molecule has 68 valence electrons. The van der Waals surface area contributed by atoms with Crippen LogP contribution in [0.4, 0.5) is 0 Å². The molecular formula is C9H15NO2. The molecule has 3 atom stereocenters. The number of rotatable bonds is 2. The first kappa shape index (κ1) is 8.05. The van der Waals surface area contributed by atoms with Gasteiger partial charge < -0.3 is 10.1 Å². The second kappa shape index (κ2) is 3.05. The van der Waals surface area contributed by atoms with Crippen molar-refractivity contribution in [1.29, 1.82) is 0 Å². The van der Waals surface area contributed by atoms with Crippen LogP contribution in [0.1, 0.15) is 19.8 Å². The molecule has 1 saturated carbocycles. The average Bonchev–Trinajstić information content (AvgIpc) is 2.62. The van der Waals surface area contributed by atoms with Gasteiger partial charge in [0.05, 0.1) is 12.5 Å². The van der Waals surface area contributed by atoms with Gasteiger partial charge in [0.2, 0.25) is 0 Å². The molecule has 0 spiro atoms. The first-order valence-electron chi connectivity index (χ1n) is 4.73. The van der Waals surface area contributed by atoms with Crippen LogP contribution in [-0.2, 0) is 9.53 Å². The molecule has 1 N–H and O–H groups in total. The molecule has 2 rings (SSSR count). The minimum absolute atomic E-state index is 0.00926. The Bertz CT molecular complexity index is 173. The van der Waals surface area contributed by atoms with Gasteiger partial charge in [-0.25, -0.2) is 0 Å². The number of carbonyl (C=O) groups excluding carboxylic acids is 1. The maximum atomic E-state index is 11.4. The molecule has 2 aliphatic rings. The number of nitrogens with one attached hydrogen (secondary N) is 1. The van der Waals surface area contributed by atoms with Crippen molar-refractivity contribution in [2.45, 2.75) is 25.8 Å². The van der Waals surface area contributed by atoms with E-state index < -0.39 is 0 Å². The predicted octanol–water partition coefficient (Wildman–Crippen LogP) is 0.547. The largest absolute Gasteiger partial charge is 0.466 e. The summed E-state index contributed by atoms with van der Waals surface area (Å²) in [5.74, 6) is 0.717. The topological polar surface area (TPSA) is 38.3 Å². The Labute approximate surface area is 72.5 Å². The molecule has 0 unspecified atom stereocenters. The number of ether oxygens (including phenoxy) is 1. The van der Waals surface area contributed by atoms with Crippen LogP contribution in [0.15, 0.2) is 0 Å². The summed E-state index contributed by atoms with van der Waals surface area (Å²) in [5.41, 5.74) is 0. The molecule has 3 nitrogen and oxygen atoms in total. The van der Waals surface area contributed by atoms with E-state index in [4.69, 9.17) is 4.74 Å². The van der Waals surface area contributed by atoms with Crippen molar-refractivity contribution in [3.05, 3.63) is 0 Å². The minimum Gasteiger partial charge on any atom is -0.466 e. The zero-order valence-electron chi connectivity index (χ0n) is 7.38. The van der Waals surface area contributed by atoms with Gasteiger partial charge in [0.25, 0.3) is 0 Å². The van der Waals surface area contributed by atoms with E-state index in [0.29, 0.717) is 18.6 Å². The Balaban J connectivity index is 2.00. The van der Waals surface area contributed by atoms with Crippen LogP contribution in [0.3, 0.4) is 0 Å². The third-order valence-electron chi connectivity index (χ3n) is 2.99. The van der Waals surface area contributed by atoms with Gasteiger partial charge in [-0.15, -0.1) is 0 Å². The Morgan fingerprint density at radius 2 is 2.42 bits per heavy atom. The van der Waals surface area contributed by atoms with E-state index in [1.807, 2.05) is 6.92 Å². The van der Waals surface area contributed by atoms with Gasteiger partial charge in [0.15, 0.2) is 0 Å². The van der Waals surface area contributed by atoms with Crippen molar-refractivity contribution >= 4 is 5.97 Å². The van der Waals surface area contributed by atoms with Gasteiger partial charge in [0, 0.05) is 6.04 Å². The summed E-state index contributed by atoms with van der Waals surface area (Å²) < 4.78 is 5.03. The summed E-state index contributed by atoms with van der Waals surface area (Å²) >= 11 is 0. The lowest BCUT2D eigenvalue weighted by atomic mass is 9.99. The normalized spacial score (nSPS) is 38.6. The summed E-state index contributed by atoms with van der Waals surface area (Å²) in [6.45, 7) is 3.38. The van der Waals surface area contributed by atoms with Crippen LogP contribution in [0.5, 0.6) is 0 Å². The zero-order chi connectivity index (χ0) is 8.55. The third-order valence-corrected chi connectivity index (χ3v) is 2.99. The zero-order valence-corrected chi connectivity index (χ0v) is 7.38. The Morgan fingerprint density at radius 3 is 2.83 bits per heavy atom. The highest BCUT2D eigenvalue weighted by Crippen LogP contribution is 2.37. The predicted molar refractivity (Wildman–Crippen MR) is 44.6 cm³/mol. The average molecular weight is 169 g/mol. The van der Waals surface area contributed by atoms with Crippen molar-refractivity contribution in [2.24, 2.45) is 11.8 Å². The quantitative estimate of drug-likeness (QED) is 0.613. The van der Waals surface area contributed by atoms with Crippen LogP contribution in [0.25, 0.3) is 0 Å². The molecule has 1 heterocycles. The van der Waals surface area contributed by atoms with Gasteiger partial charge >= 0.3 is 5.97 Å².